The maximum Gasteiger partial charge on any atom is 0.281 e. The summed E-state index contributed by atoms with van der Waals surface area (Å²) in [6, 6.07) is 5.45. The van der Waals surface area contributed by atoms with Gasteiger partial charge in [0, 0.05) is 24.3 Å². The van der Waals surface area contributed by atoms with Crippen molar-refractivity contribution >= 4 is 22.9 Å². The van der Waals surface area contributed by atoms with E-state index in [1.807, 2.05) is 10.6 Å². The van der Waals surface area contributed by atoms with Crippen molar-refractivity contribution in [3.63, 3.8) is 0 Å². The van der Waals surface area contributed by atoms with E-state index in [9.17, 15) is 23.1 Å². The van der Waals surface area contributed by atoms with Crippen molar-refractivity contribution in [3.05, 3.63) is 23.8 Å². The second kappa shape index (κ2) is 6.45. The molecule has 0 saturated heterocycles. The fourth-order valence-corrected chi connectivity index (χ4v) is 4.53. The molecule has 5 nitrogen and oxygen atoms in total. The Kier molecular flexibility index (Phi) is 4.55. The van der Waals surface area contributed by atoms with Crippen LogP contribution in [-0.4, -0.2) is 32.2 Å². The normalized spacial score (nSPS) is 27.4. The molecule has 2 N–H and O–H groups in total. The van der Waals surface area contributed by atoms with E-state index >= 15 is 0 Å². The Bertz CT molecular complexity index is 1000. The van der Waals surface area contributed by atoms with Crippen LogP contribution in [0.2, 0.25) is 0 Å². The molecule has 2 unspecified atom stereocenters. The van der Waals surface area contributed by atoms with Gasteiger partial charge in [0.15, 0.2) is 5.67 Å². The summed E-state index contributed by atoms with van der Waals surface area (Å²) < 4.78 is 43.1. The molecule has 0 radical (unpaired) electrons. The van der Waals surface area contributed by atoms with Gasteiger partial charge < -0.3 is 9.67 Å². The van der Waals surface area contributed by atoms with Crippen LogP contribution >= 0.6 is 0 Å². The van der Waals surface area contributed by atoms with Crippen molar-refractivity contribution in [1.29, 1.82) is 0 Å². The average Bonchev–Trinajstić information content (AvgIpc) is 2.95. The number of aliphatic hydroxyl groups is 1. The van der Waals surface area contributed by atoms with Gasteiger partial charge >= 0.3 is 0 Å². The Labute approximate surface area is 173 Å². The summed E-state index contributed by atoms with van der Waals surface area (Å²) in [5.41, 5.74) is -1.77. The third kappa shape index (κ3) is 3.20. The summed E-state index contributed by atoms with van der Waals surface area (Å²) in [7, 11) is 0. The highest BCUT2D eigenvalue weighted by Crippen LogP contribution is 2.55. The predicted molar refractivity (Wildman–Crippen MR) is 108 cm³/mol. The first-order chi connectivity index (χ1) is 13.7. The number of rotatable bonds is 5. The van der Waals surface area contributed by atoms with Gasteiger partial charge in [-0.25, -0.2) is 18.2 Å². The Hall–Kier alpha value is -2.09. The fraction of sp³-hybridized carbons (Fsp3) is 0.636. The molecule has 1 heterocycles. The number of halogens is 3. The molecule has 8 heteroatoms. The second-order valence-electron chi connectivity index (χ2n) is 9.82. The maximum absolute atomic E-state index is 14.2. The standard InChI is InChI=1S/C22H28F3N3O2/c1-19(2,30)13-6-7-15-16(10-13)28(20(3)8-5-9-20)18(26-15)27-17(29)11-14-12-22(24,25)21(14,4)23/h6-7,10,14,30H,5,8-9,11-12H2,1-4H3,(H,26,27,29). The van der Waals surface area contributed by atoms with Gasteiger partial charge in [-0.1, -0.05) is 6.07 Å². The number of carbonyl (C=O) groups excluding carboxylic acids is 1. The van der Waals surface area contributed by atoms with E-state index in [0.717, 1.165) is 37.3 Å². The Balaban J connectivity index is 1.65. The van der Waals surface area contributed by atoms with Crippen LogP contribution in [0.1, 0.15) is 65.4 Å². The van der Waals surface area contributed by atoms with E-state index in [-0.39, 0.29) is 12.0 Å². The molecular formula is C22H28F3N3O2. The highest BCUT2D eigenvalue weighted by Gasteiger charge is 2.66. The van der Waals surface area contributed by atoms with Crippen LogP contribution in [0.15, 0.2) is 18.2 Å². The molecule has 0 spiro atoms. The summed E-state index contributed by atoms with van der Waals surface area (Å²) in [5.74, 6) is -4.61. The number of nitrogens with one attached hydrogen (secondary N) is 1. The zero-order valence-corrected chi connectivity index (χ0v) is 17.7. The van der Waals surface area contributed by atoms with Crippen molar-refractivity contribution in [2.24, 2.45) is 5.92 Å². The van der Waals surface area contributed by atoms with Gasteiger partial charge in [-0.15, -0.1) is 0 Å². The van der Waals surface area contributed by atoms with Gasteiger partial charge in [0.1, 0.15) is 0 Å². The molecule has 4 rings (SSSR count). The Morgan fingerprint density at radius 3 is 2.47 bits per heavy atom. The first-order valence-corrected chi connectivity index (χ1v) is 10.4. The zero-order valence-electron chi connectivity index (χ0n) is 17.7. The number of nitrogens with zero attached hydrogens (tertiary/aromatic N) is 2. The summed E-state index contributed by atoms with van der Waals surface area (Å²) >= 11 is 0. The van der Waals surface area contributed by atoms with Gasteiger partial charge in [-0.05, 0) is 64.7 Å². The molecule has 164 valence electrons. The zero-order chi connectivity index (χ0) is 22.1. The van der Waals surface area contributed by atoms with E-state index in [1.54, 1.807) is 26.0 Å². The highest BCUT2D eigenvalue weighted by atomic mass is 19.3. The van der Waals surface area contributed by atoms with Crippen LogP contribution in [0.5, 0.6) is 0 Å². The van der Waals surface area contributed by atoms with Crippen LogP contribution in [0.3, 0.4) is 0 Å². The third-order valence-corrected chi connectivity index (χ3v) is 7.00. The summed E-state index contributed by atoms with van der Waals surface area (Å²) in [5, 5.41) is 13.1. The van der Waals surface area contributed by atoms with Crippen LogP contribution in [0.25, 0.3) is 11.0 Å². The Morgan fingerprint density at radius 1 is 1.30 bits per heavy atom. The minimum atomic E-state index is -3.39. The summed E-state index contributed by atoms with van der Waals surface area (Å²) in [6.07, 6.45) is 1.91. The number of hydrogen-bond donors (Lipinski definition) is 2. The number of imidazole rings is 1. The number of amides is 1. The highest BCUT2D eigenvalue weighted by molar-refractivity contribution is 5.92. The largest absolute Gasteiger partial charge is 0.386 e. The quantitative estimate of drug-likeness (QED) is 0.721. The number of anilines is 1. The van der Waals surface area contributed by atoms with E-state index in [0.29, 0.717) is 11.5 Å². The molecule has 2 atom stereocenters. The van der Waals surface area contributed by atoms with Gasteiger partial charge in [-0.3, -0.25) is 10.1 Å². The molecule has 1 aromatic carbocycles. The SMILES string of the molecule is CC(C)(O)c1ccc2nc(NC(=O)CC3CC(F)(F)C3(C)F)n(C3(C)CCC3)c2c1. The van der Waals surface area contributed by atoms with Crippen LogP contribution in [-0.2, 0) is 15.9 Å². The molecule has 0 bridgehead atoms. The molecule has 2 aromatic rings. The number of aromatic nitrogens is 2. The van der Waals surface area contributed by atoms with Gasteiger partial charge in [-0.2, -0.15) is 0 Å². The van der Waals surface area contributed by atoms with Crippen molar-refractivity contribution in [2.45, 2.75) is 82.5 Å². The van der Waals surface area contributed by atoms with Gasteiger partial charge in [0.05, 0.1) is 16.6 Å². The molecule has 1 aromatic heterocycles. The third-order valence-electron chi connectivity index (χ3n) is 7.00. The molecular weight excluding hydrogens is 395 g/mol. The first kappa shape index (κ1) is 21.2. The monoisotopic (exact) mass is 423 g/mol. The second-order valence-corrected chi connectivity index (χ2v) is 9.82. The minimum Gasteiger partial charge on any atom is -0.386 e. The average molecular weight is 423 g/mol. The van der Waals surface area contributed by atoms with Crippen molar-refractivity contribution in [3.8, 4) is 0 Å². The van der Waals surface area contributed by atoms with Gasteiger partial charge in [0.25, 0.3) is 5.92 Å². The van der Waals surface area contributed by atoms with E-state index < -0.39 is 35.4 Å². The van der Waals surface area contributed by atoms with Crippen molar-refractivity contribution in [2.75, 3.05) is 5.32 Å². The lowest BCUT2D eigenvalue weighted by molar-refractivity contribution is -0.242. The molecule has 2 aliphatic rings. The van der Waals surface area contributed by atoms with Crippen LogP contribution < -0.4 is 5.32 Å². The number of alkyl halides is 3. The molecule has 2 saturated carbocycles. The lowest BCUT2D eigenvalue weighted by Crippen LogP contribution is -2.60. The predicted octanol–water partition coefficient (Wildman–Crippen LogP) is 4.87. The van der Waals surface area contributed by atoms with Crippen molar-refractivity contribution < 1.29 is 23.1 Å². The summed E-state index contributed by atoms with van der Waals surface area (Å²) in [4.78, 5) is 17.1. The number of hydrogen-bond acceptors (Lipinski definition) is 3. The number of carbonyl (C=O) groups is 1. The minimum absolute atomic E-state index is 0.242. The lowest BCUT2D eigenvalue weighted by Gasteiger charge is -2.47. The van der Waals surface area contributed by atoms with Crippen molar-refractivity contribution in [1.82, 2.24) is 9.55 Å². The molecule has 1 amide bonds. The molecule has 2 fully saturated rings. The summed E-state index contributed by atoms with van der Waals surface area (Å²) in [6.45, 7) is 6.34. The molecule has 0 aliphatic heterocycles. The first-order valence-electron chi connectivity index (χ1n) is 10.4. The van der Waals surface area contributed by atoms with Gasteiger partial charge in [0.2, 0.25) is 11.9 Å². The van der Waals surface area contributed by atoms with E-state index in [4.69, 9.17) is 0 Å². The van der Waals surface area contributed by atoms with Crippen LogP contribution in [0.4, 0.5) is 19.1 Å². The topological polar surface area (TPSA) is 67.2 Å². The Morgan fingerprint density at radius 2 is 1.97 bits per heavy atom. The number of benzene rings is 1. The molecule has 30 heavy (non-hydrogen) atoms. The smallest absolute Gasteiger partial charge is 0.281 e. The molecule has 2 aliphatic carbocycles. The van der Waals surface area contributed by atoms with E-state index in [2.05, 4.69) is 17.2 Å². The maximum atomic E-state index is 14.2. The number of fused-ring (bicyclic) bond motifs is 1. The van der Waals surface area contributed by atoms with Crippen LogP contribution in [0, 0.1) is 5.92 Å². The van der Waals surface area contributed by atoms with E-state index in [1.165, 1.54) is 0 Å². The fourth-order valence-electron chi connectivity index (χ4n) is 4.53. The lowest BCUT2D eigenvalue weighted by atomic mass is 9.67.